The van der Waals surface area contributed by atoms with Crippen LogP contribution in [0.15, 0.2) is 29.2 Å². The van der Waals surface area contributed by atoms with E-state index in [2.05, 4.69) is 10.0 Å². The van der Waals surface area contributed by atoms with Gasteiger partial charge in [0.1, 0.15) is 5.38 Å². The van der Waals surface area contributed by atoms with E-state index in [9.17, 15) is 13.2 Å². The van der Waals surface area contributed by atoms with E-state index in [1.807, 2.05) is 0 Å². The number of sulfonamides is 1. The Hall–Kier alpha value is -1.15. The van der Waals surface area contributed by atoms with Gasteiger partial charge in [0, 0.05) is 18.8 Å². The van der Waals surface area contributed by atoms with Crippen molar-refractivity contribution in [3.8, 4) is 0 Å². The van der Waals surface area contributed by atoms with Crippen molar-refractivity contribution in [2.75, 3.05) is 18.5 Å². The molecule has 0 bridgehead atoms. The molecule has 2 atom stereocenters. The zero-order chi connectivity index (χ0) is 16.2. The summed E-state index contributed by atoms with van der Waals surface area (Å²) in [4.78, 5) is 11.6. The normalized spacial score (nSPS) is 19.8. The van der Waals surface area contributed by atoms with Crippen LogP contribution in [-0.4, -0.2) is 39.0 Å². The third kappa shape index (κ3) is 4.67. The van der Waals surface area contributed by atoms with E-state index in [0.717, 1.165) is 12.8 Å². The molecule has 0 radical (unpaired) electrons. The molecule has 1 aromatic carbocycles. The first kappa shape index (κ1) is 17.2. The van der Waals surface area contributed by atoms with Crippen LogP contribution in [0.25, 0.3) is 0 Å². The molecule has 8 heteroatoms. The molecule has 6 nitrogen and oxygen atoms in total. The molecule has 1 aliphatic rings. The predicted molar refractivity (Wildman–Crippen MR) is 84.5 cm³/mol. The number of nitrogens with one attached hydrogen (secondary N) is 2. The van der Waals surface area contributed by atoms with Crippen LogP contribution in [-0.2, 0) is 19.6 Å². The minimum Gasteiger partial charge on any atom is -0.377 e. The maximum absolute atomic E-state index is 12.2. The molecule has 1 aromatic rings. The number of benzene rings is 1. The van der Waals surface area contributed by atoms with Gasteiger partial charge in [0.05, 0.1) is 11.0 Å². The Morgan fingerprint density at radius 1 is 1.41 bits per heavy atom. The van der Waals surface area contributed by atoms with Crippen LogP contribution in [0.2, 0.25) is 0 Å². The highest BCUT2D eigenvalue weighted by Crippen LogP contribution is 2.16. The van der Waals surface area contributed by atoms with Crippen molar-refractivity contribution in [1.29, 1.82) is 0 Å². The predicted octanol–water partition coefficient (Wildman–Crippen LogP) is 1.71. The van der Waals surface area contributed by atoms with Gasteiger partial charge in [-0.25, -0.2) is 13.1 Å². The summed E-state index contributed by atoms with van der Waals surface area (Å²) in [6.07, 6.45) is 1.77. The lowest BCUT2D eigenvalue weighted by Crippen LogP contribution is -2.31. The molecule has 0 saturated carbocycles. The van der Waals surface area contributed by atoms with Crippen molar-refractivity contribution in [2.24, 2.45) is 0 Å². The molecular formula is C14H19ClN2O4S. The Labute approximate surface area is 135 Å². The van der Waals surface area contributed by atoms with Crippen molar-refractivity contribution >= 4 is 33.2 Å². The van der Waals surface area contributed by atoms with Crippen molar-refractivity contribution in [3.63, 3.8) is 0 Å². The number of anilines is 1. The average molecular weight is 347 g/mol. The molecule has 2 N–H and O–H groups in total. The van der Waals surface area contributed by atoms with E-state index >= 15 is 0 Å². The van der Waals surface area contributed by atoms with Crippen LogP contribution in [0.1, 0.15) is 19.8 Å². The number of ether oxygens (including phenoxy) is 1. The first-order valence-electron chi connectivity index (χ1n) is 7.05. The number of rotatable bonds is 6. The number of carbonyl (C=O) groups excluding carboxylic acids is 1. The lowest BCUT2D eigenvalue weighted by Gasteiger charge is -2.12. The molecule has 122 valence electrons. The standard InChI is InChI=1S/C14H19ClN2O4S/c1-10(15)14(18)17-11-4-6-13(7-5-11)22(19,20)16-9-12-3-2-8-21-12/h4-7,10,12,16H,2-3,8-9H2,1H3,(H,17,18)/t10-,12-/m1/s1. The molecule has 22 heavy (non-hydrogen) atoms. The van der Waals surface area contributed by atoms with Gasteiger partial charge >= 0.3 is 0 Å². The maximum atomic E-state index is 12.2. The smallest absolute Gasteiger partial charge is 0.242 e. The van der Waals surface area contributed by atoms with E-state index in [0.29, 0.717) is 12.3 Å². The average Bonchev–Trinajstić information content (AvgIpc) is 2.99. The quantitative estimate of drug-likeness (QED) is 0.768. The van der Waals surface area contributed by atoms with Gasteiger partial charge in [-0.3, -0.25) is 4.79 Å². The summed E-state index contributed by atoms with van der Waals surface area (Å²) in [5.74, 6) is -0.339. The van der Waals surface area contributed by atoms with Gasteiger partial charge in [0.25, 0.3) is 0 Å². The lowest BCUT2D eigenvalue weighted by atomic mass is 10.2. The van der Waals surface area contributed by atoms with Crippen LogP contribution in [0.4, 0.5) is 5.69 Å². The second-order valence-corrected chi connectivity index (χ2v) is 7.54. The van der Waals surface area contributed by atoms with Gasteiger partial charge in [0.15, 0.2) is 0 Å². The monoisotopic (exact) mass is 346 g/mol. The number of halogens is 1. The Morgan fingerprint density at radius 3 is 2.64 bits per heavy atom. The Balaban J connectivity index is 1.97. The Kier molecular flexibility index (Phi) is 5.80. The van der Waals surface area contributed by atoms with Gasteiger partial charge in [-0.2, -0.15) is 0 Å². The summed E-state index contributed by atoms with van der Waals surface area (Å²) < 4.78 is 32.2. The molecule has 0 spiro atoms. The zero-order valence-electron chi connectivity index (χ0n) is 12.2. The van der Waals surface area contributed by atoms with Crippen molar-refractivity contribution in [1.82, 2.24) is 4.72 Å². The second-order valence-electron chi connectivity index (χ2n) is 5.12. The molecule has 0 aromatic heterocycles. The largest absolute Gasteiger partial charge is 0.377 e. The number of alkyl halides is 1. The van der Waals surface area contributed by atoms with E-state index in [-0.39, 0.29) is 23.5 Å². The van der Waals surface area contributed by atoms with Crippen LogP contribution >= 0.6 is 11.6 Å². The van der Waals surface area contributed by atoms with Gasteiger partial charge in [-0.05, 0) is 44.0 Å². The fraction of sp³-hybridized carbons (Fsp3) is 0.500. The van der Waals surface area contributed by atoms with Crippen molar-refractivity contribution < 1.29 is 17.9 Å². The minimum atomic E-state index is -3.58. The number of amides is 1. The molecule has 2 rings (SSSR count). The summed E-state index contributed by atoms with van der Waals surface area (Å²) in [6, 6.07) is 5.92. The molecule has 1 heterocycles. The van der Waals surface area contributed by atoms with E-state index in [4.69, 9.17) is 16.3 Å². The first-order chi connectivity index (χ1) is 10.4. The number of carbonyl (C=O) groups is 1. The summed E-state index contributed by atoms with van der Waals surface area (Å²) >= 11 is 5.66. The van der Waals surface area contributed by atoms with Crippen LogP contribution < -0.4 is 10.0 Å². The summed E-state index contributed by atoms with van der Waals surface area (Å²) in [7, 11) is -3.58. The van der Waals surface area contributed by atoms with Crippen molar-refractivity contribution in [3.05, 3.63) is 24.3 Å². The van der Waals surface area contributed by atoms with Gasteiger partial charge in [0.2, 0.25) is 15.9 Å². The maximum Gasteiger partial charge on any atom is 0.242 e. The zero-order valence-corrected chi connectivity index (χ0v) is 13.8. The molecule has 1 amide bonds. The van der Waals surface area contributed by atoms with Gasteiger partial charge in [-0.1, -0.05) is 0 Å². The highest BCUT2D eigenvalue weighted by atomic mass is 35.5. The van der Waals surface area contributed by atoms with Crippen molar-refractivity contribution in [2.45, 2.75) is 36.1 Å². The Morgan fingerprint density at radius 2 is 2.09 bits per heavy atom. The highest BCUT2D eigenvalue weighted by molar-refractivity contribution is 7.89. The topological polar surface area (TPSA) is 84.5 Å². The van der Waals surface area contributed by atoms with Gasteiger partial charge in [-0.15, -0.1) is 11.6 Å². The summed E-state index contributed by atoms with van der Waals surface area (Å²) in [6.45, 7) is 2.51. The second kappa shape index (κ2) is 7.41. The van der Waals surface area contributed by atoms with Crippen LogP contribution in [0, 0.1) is 0 Å². The molecule has 1 saturated heterocycles. The van der Waals surface area contributed by atoms with Crippen LogP contribution in [0.5, 0.6) is 0 Å². The fourth-order valence-electron chi connectivity index (χ4n) is 2.05. The third-order valence-electron chi connectivity index (χ3n) is 3.32. The Bertz CT molecular complexity index is 610. The molecule has 0 aliphatic carbocycles. The number of hydrogen-bond acceptors (Lipinski definition) is 4. The van der Waals surface area contributed by atoms with E-state index < -0.39 is 15.4 Å². The van der Waals surface area contributed by atoms with E-state index in [1.165, 1.54) is 24.3 Å². The van der Waals surface area contributed by atoms with E-state index in [1.54, 1.807) is 6.92 Å². The van der Waals surface area contributed by atoms with Crippen LogP contribution in [0.3, 0.4) is 0 Å². The number of hydrogen-bond donors (Lipinski definition) is 2. The summed E-state index contributed by atoms with van der Waals surface area (Å²) in [5, 5.41) is 1.93. The lowest BCUT2D eigenvalue weighted by molar-refractivity contribution is -0.115. The first-order valence-corrected chi connectivity index (χ1v) is 8.97. The minimum absolute atomic E-state index is 0.0569. The van der Waals surface area contributed by atoms with Gasteiger partial charge < -0.3 is 10.1 Å². The molecular weight excluding hydrogens is 328 g/mol. The fourth-order valence-corrected chi connectivity index (χ4v) is 3.17. The highest BCUT2D eigenvalue weighted by Gasteiger charge is 2.20. The molecule has 0 unspecified atom stereocenters. The SMILES string of the molecule is C[C@@H](Cl)C(=O)Nc1ccc(S(=O)(=O)NC[C@H]2CCCO2)cc1. The third-order valence-corrected chi connectivity index (χ3v) is 4.96. The summed E-state index contributed by atoms with van der Waals surface area (Å²) in [5.41, 5.74) is 0.496. The molecule has 1 aliphatic heterocycles. The molecule has 1 fully saturated rings.